The maximum atomic E-state index is 12.2. The molecule has 0 radical (unpaired) electrons. The van der Waals surface area contributed by atoms with E-state index in [9.17, 15) is 29.1 Å². The molecule has 4 unspecified atom stereocenters. The van der Waals surface area contributed by atoms with Gasteiger partial charge in [0.15, 0.2) is 11.6 Å². The molecule has 0 fully saturated rings. The number of rotatable bonds is 7. The van der Waals surface area contributed by atoms with Crippen molar-refractivity contribution in [1.29, 1.82) is 0 Å². The molecule has 12 heteroatoms. The van der Waals surface area contributed by atoms with E-state index in [1.807, 2.05) is 66.7 Å². The molecule has 4 atom stereocenters. The average Bonchev–Trinajstić information content (AvgIpc) is 3.98. The summed E-state index contributed by atoms with van der Waals surface area (Å²) in [5, 5.41) is 18.7. The molecule has 5 aromatic carbocycles. The van der Waals surface area contributed by atoms with E-state index >= 15 is 0 Å². The molecule has 12 nitrogen and oxygen atoms in total. The van der Waals surface area contributed by atoms with Crippen molar-refractivity contribution in [3.63, 3.8) is 0 Å². The summed E-state index contributed by atoms with van der Waals surface area (Å²) in [5.74, 6) is 3.53. The van der Waals surface area contributed by atoms with Gasteiger partial charge in [0.1, 0.15) is 23.0 Å². The number of carbonyl (C=O) groups excluding carboxylic acids is 5. The zero-order chi connectivity index (χ0) is 59.8. The molecule has 3 aliphatic heterocycles. The minimum absolute atomic E-state index is 0.0273. The number of ether oxygens (including phenoxy) is 3. The number of fused-ring (bicyclic) bond motifs is 5. The molecule has 0 saturated carbocycles. The van der Waals surface area contributed by atoms with E-state index in [0.29, 0.717) is 17.8 Å². The van der Waals surface area contributed by atoms with Gasteiger partial charge in [-0.1, -0.05) is 101 Å². The van der Waals surface area contributed by atoms with E-state index in [0.717, 1.165) is 120 Å². The normalized spacial score (nSPS) is 18.7. The van der Waals surface area contributed by atoms with Gasteiger partial charge in [-0.3, -0.25) is 24.0 Å². The zero-order valence-electron chi connectivity index (χ0n) is 51.3. The summed E-state index contributed by atoms with van der Waals surface area (Å²) >= 11 is 0. The van der Waals surface area contributed by atoms with Crippen LogP contribution in [0.5, 0.6) is 23.0 Å². The SMILES string of the molecule is CC(C)(C)CC1Cc2cc(O)ccc2C(=O)N1.COc1ccc2c(c1)CC(CC(C)(C)C)C2=O.COc1ccc2c(c1)CC(CC(C)(C)C)NC2=O.COc1ccc2c(c1)CCC2=O.Cc1ccc2c(c1)CC(CC(C)(C)C)NC2=O. The number of phenols is 1. The van der Waals surface area contributed by atoms with Crippen molar-refractivity contribution in [2.75, 3.05) is 21.3 Å². The minimum atomic E-state index is -0.0273. The van der Waals surface area contributed by atoms with Crippen molar-refractivity contribution in [3.05, 3.63) is 152 Å². The molecular formula is C69H91N3O9. The van der Waals surface area contributed by atoms with Crippen molar-refractivity contribution in [3.8, 4) is 23.0 Å². The van der Waals surface area contributed by atoms with E-state index in [-0.39, 0.29) is 75.0 Å². The fourth-order valence-electron chi connectivity index (χ4n) is 11.6. The van der Waals surface area contributed by atoms with Gasteiger partial charge >= 0.3 is 0 Å². The van der Waals surface area contributed by atoms with Crippen molar-refractivity contribution >= 4 is 29.3 Å². The molecule has 436 valence electrons. The van der Waals surface area contributed by atoms with E-state index in [1.165, 1.54) is 11.1 Å². The third-order valence-corrected chi connectivity index (χ3v) is 14.9. The van der Waals surface area contributed by atoms with Crippen LogP contribution in [0.4, 0.5) is 0 Å². The summed E-state index contributed by atoms with van der Waals surface area (Å²) in [7, 11) is 4.95. The van der Waals surface area contributed by atoms with Gasteiger partial charge in [0, 0.05) is 58.3 Å². The highest BCUT2D eigenvalue weighted by Gasteiger charge is 2.34. The van der Waals surface area contributed by atoms with Crippen molar-refractivity contribution in [1.82, 2.24) is 16.0 Å². The van der Waals surface area contributed by atoms with Crippen LogP contribution in [0, 0.1) is 34.5 Å². The van der Waals surface area contributed by atoms with Crippen LogP contribution < -0.4 is 30.2 Å². The second kappa shape index (κ2) is 26.3. The standard InChI is InChI=1S/C15H21NO2.C15H21NO.C15H20O2.C14H19NO2.C10H10O2/c1-15(2,3)9-11-7-10-8-12(18-4)5-6-13(10)14(17)16-11;1-10-5-6-13-11(7-10)8-12(16-14(13)17)9-15(2,3)4;1-15(2,3)9-11-7-10-8-12(17-4)5-6-13(10)14(11)16;1-14(2,3)8-10-6-9-7-11(16)4-5-12(9)13(17)15-10;1-12-8-3-4-9-7(6-8)2-5-10(9)11/h5-6,8,11H,7,9H2,1-4H3,(H,16,17);5-7,12H,8-9H2,1-4H3,(H,16,17);5-6,8,11H,7,9H2,1-4H3;4-5,7,10,16H,6,8H2,1-3H3,(H,15,17);3-4,6H,2,5H2,1H3. The van der Waals surface area contributed by atoms with Crippen LogP contribution in [0.25, 0.3) is 0 Å². The van der Waals surface area contributed by atoms with Gasteiger partial charge in [-0.15, -0.1) is 0 Å². The topological polar surface area (TPSA) is 169 Å². The first kappa shape index (κ1) is 63.2. The highest BCUT2D eigenvalue weighted by Crippen LogP contribution is 2.37. The van der Waals surface area contributed by atoms with E-state index in [4.69, 9.17) is 14.2 Å². The number of carbonyl (C=O) groups is 5. The number of Topliss-reactive ketones (excluding diaryl/α,β-unsaturated/α-hetero) is 2. The summed E-state index contributed by atoms with van der Waals surface area (Å²) in [6.07, 6.45) is 8.91. The number of nitrogens with one attached hydrogen (secondary N) is 3. The summed E-state index contributed by atoms with van der Waals surface area (Å²) in [6.45, 7) is 28.3. The molecule has 4 N–H and O–H groups in total. The van der Waals surface area contributed by atoms with Crippen LogP contribution in [-0.4, -0.2) is 73.8 Å². The van der Waals surface area contributed by atoms with Gasteiger partial charge in [-0.25, -0.2) is 0 Å². The number of benzene rings is 5. The first-order valence-electron chi connectivity index (χ1n) is 28.7. The third kappa shape index (κ3) is 18.5. The monoisotopic (exact) mass is 1110 g/mol. The fourth-order valence-corrected chi connectivity index (χ4v) is 11.6. The Kier molecular flexibility index (Phi) is 20.5. The van der Waals surface area contributed by atoms with Crippen LogP contribution in [0.15, 0.2) is 91.0 Å². The van der Waals surface area contributed by atoms with Crippen LogP contribution >= 0.6 is 0 Å². The Labute approximate surface area is 482 Å². The number of aryl methyl sites for hydroxylation is 2. The largest absolute Gasteiger partial charge is 0.508 e. The maximum Gasteiger partial charge on any atom is 0.251 e. The summed E-state index contributed by atoms with van der Waals surface area (Å²) in [5.41, 5.74) is 11.7. The number of amides is 3. The first-order valence-corrected chi connectivity index (χ1v) is 28.7. The van der Waals surface area contributed by atoms with Crippen molar-refractivity contribution in [2.24, 2.45) is 27.6 Å². The highest BCUT2D eigenvalue weighted by molar-refractivity contribution is 6.03. The van der Waals surface area contributed by atoms with Crippen LogP contribution in [-0.2, 0) is 32.1 Å². The second-order valence-corrected chi connectivity index (χ2v) is 27.4. The number of ketones is 2. The van der Waals surface area contributed by atoms with Crippen LogP contribution in [0.3, 0.4) is 0 Å². The molecule has 3 amide bonds. The Morgan fingerprint density at radius 3 is 1.21 bits per heavy atom. The second-order valence-electron chi connectivity index (χ2n) is 27.4. The zero-order valence-corrected chi connectivity index (χ0v) is 51.3. The average molecular weight is 1110 g/mol. The molecule has 81 heavy (non-hydrogen) atoms. The quantitative estimate of drug-likeness (QED) is 0.124. The third-order valence-electron chi connectivity index (χ3n) is 14.9. The van der Waals surface area contributed by atoms with Gasteiger partial charge in [0.05, 0.1) is 21.3 Å². The molecule has 0 spiro atoms. The van der Waals surface area contributed by atoms with Gasteiger partial charge in [-0.2, -0.15) is 0 Å². The lowest BCUT2D eigenvalue weighted by molar-refractivity contribution is 0.0898. The molecule has 0 saturated heterocycles. The van der Waals surface area contributed by atoms with Gasteiger partial charge in [-0.05, 0) is 193 Å². The van der Waals surface area contributed by atoms with E-state index in [2.05, 4.69) is 112 Å². The predicted molar refractivity (Wildman–Crippen MR) is 324 cm³/mol. The Balaban J connectivity index is 0.000000164. The minimum Gasteiger partial charge on any atom is -0.508 e. The molecule has 3 heterocycles. The molecule has 2 aliphatic carbocycles. The smallest absolute Gasteiger partial charge is 0.251 e. The first-order chi connectivity index (χ1) is 37.8. The summed E-state index contributed by atoms with van der Waals surface area (Å²) < 4.78 is 15.5. The molecule has 0 aromatic heterocycles. The van der Waals surface area contributed by atoms with Crippen molar-refractivity contribution < 1.29 is 43.3 Å². The van der Waals surface area contributed by atoms with E-state index in [1.54, 1.807) is 39.5 Å². The predicted octanol–water partition coefficient (Wildman–Crippen LogP) is 13.7. The Morgan fingerprint density at radius 1 is 0.420 bits per heavy atom. The molecule has 5 aliphatic rings. The lowest BCUT2D eigenvalue weighted by Crippen LogP contribution is -2.43. The van der Waals surface area contributed by atoms with Crippen molar-refractivity contribution in [2.45, 2.75) is 172 Å². The molecular weight excluding hydrogens is 1010 g/mol. The molecule has 5 aromatic rings. The van der Waals surface area contributed by atoms with Gasteiger partial charge in [0.25, 0.3) is 17.7 Å². The number of hydrogen-bond donors (Lipinski definition) is 4. The van der Waals surface area contributed by atoms with Crippen LogP contribution in [0.2, 0.25) is 0 Å². The Hall–Kier alpha value is -6.95. The fraction of sp³-hybridized carbons (Fsp3) is 0.493. The van der Waals surface area contributed by atoms with Gasteiger partial charge < -0.3 is 35.3 Å². The van der Waals surface area contributed by atoms with Crippen LogP contribution in [0.1, 0.15) is 200 Å². The number of hydrogen-bond acceptors (Lipinski definition) is 9. The highest BCUT2D eigenvalue weighted by atomic mass is 16.5. The Bertz CT molecular complexity index is 2990. The number of methoxy groups -OCH3 is 3. The summed E-state index contributed by atoms with van der Waals surface area (Å²) in [6, 6.07) is 28.7. The molecule has 10 rings (SSSR count). The lowest BCUT2D eigenvalue weighted by Gasteiger charge is -2.31. The molecule has 0 bridgehead atoms. The Morgan fingerprint density at radius 2 is 0.778 bits per heavy atom. The van der Waals surface area contributed by atoms with E-state index < -0.39 is 0 Å². The van der Waals surface area contributed by atoms with Gasteiger partial charge in [0.2, 0.25) is 0 Å². The maximum absolute atomic E-state index is 12.2. The lowest BCUT2D eigenvalue weighted by atomic mass is 9.83. The summed E-state index contributed by atoms with van der Waals surface area (Å²) in [4.78, 5) is 59.4. The number of phenolic OH excluding ortho intramolecular Hbond substituents is 1. The number of aromatic hydroxyl groups is 1.